The third-order valence-electron chi connectivity index (χ3n) is 5.42. The van der Waals surface area contributed by atoms with Crippen LogP contribution in [0.15, 0.2) is 24.3 Å². The molecule has 1 aromatic carbocycles. The van der Waals surface area contributed by atoms with Crippen molar-refractivity contribution in [2.24, 2.45) is 0 Å². The van der Waals surface area contributed by atoms with Gasteiger partial charge in [-0.05, 0) is 25.0 Å². The first-order valence-electron chi connectivity index (χ1n) is 8.88. The Morgan fingerprint density at radius 2 is 1.73 bits per heavy atom. The van der Waals surface area contributed by atoms with Crippen molar-refractivity contribution in [3.8, 4) is 0 Å². The molecule has 0 aliphatic carbocycles. The number of hydrogen-bond donors (Lipinski definition) is 0. The molecule has 9 heteroatoms. The van der Waals surface area contributed by atoms with Gasteiger partial charge in [0.25, 0.3) is 11.6 Å². The molecule has 4 rings (SSSR count). The molecule has 0 N–H and O–H groups in total. The maximum atomic E-state index is 12.4. The minimum atomic E-state index is -0.406. The van der Waals surface area contributed by atoms with Crippen LogP contribution < -0.4 is 4.90 Å². The summed E-state index contributed by atoms with van der Waals surface area (Å²) < 4.78 is 0. The van der Waals surface area contributed by atoms with Crippen molar-refractivity contribution in [3.05, 3.63) is 34.4 Å². The number of nitro groups is 1. The molecule has 0 bridgehead atoms. The van der Waals surface area contributed by atoms with E-state index in [4.69, 9.17) is 0 Å². The van der Waals surface area contributed by atoms with Crippen LogP contribution in [0.25, 0.3) is 0 Å². The Kier molecular flexibility index (Phi) is 4.23. The molecule has 0 aromatic heterocycles. The van der Waals surface area contributed by atoms with Crippen molar-refractivity contribution in [1.29, 1.82) is 0 Å². The maximum absolute atomic E-state index is 12.4. The van der Waals surface area contributed by atoms with E-state index in [1.54, 1.807) is 17.0 Å². The lowest BCUT2D eigenvalue weighted by Gasteiger charge is -2.37. The second kappa shape index (κ2) is 6.56. The van der Waals surface area contributed by atoms with E-state index < -0.39 is 4.92 Å². The topological polar surface area (TPSA) is 90.2 Å². The molecule has 3 amide bonds. The Bertz CT molecular complexity index is 707. The second-order valence-electron chi connectivity index (χ2n) is 6.92. The standard InChI is InChI=1S/C17H21N5O4/c23-16-15-2-1-7-20(15)17(24)21(16)12-18-8-10-19(11-9-18)13-3-5-14(6-4-13)22(25)26/h3-6,15H,1-2,7-12H2. The predicted octanol–water partition coefficient (Wildman–Crippen LogP) is 1.10. The van der Waals surface area contributed by atoms with Crippen LogP contribution >= 0.6 is 0 Å². The van der Waals surface area contributed by atoms with Crippen LogP contribution in [-0.2, 0) is 4.79 Å². The molecular formula is C17H21N5O4. The molecule has 0 spiro atoms. The number of non-ortho nitro benzene ring substituents is 1. The van der Waals surface area contributed by atoms with Crippen molar-refractivity contribution < 1.29 is 14.5 Å². The van der Waals surface area contributed by atoms with Gasteiger partial charge < -0.3 is 9.80 Å². The molecule has 9 nitrogen and oxygen atoms in total. The molecule has 3 saturated heterocycles. The molecule has 0 saturated carbocycles. The summed E-state index contributed by atoms with van der Waals surface area (Å²) in [7, 11) is 0. The summed E-state index contributed by atoms with van der Waals surface area (Å²) in [6.07, 6.45) is 1.68. The largest absolute Gasteiger partial charge is 0.369 e. The maximum Gasteiger partial charge on any atom is 0.328 e. The van der Waals surface area contributed by atoms with E-state index in [2.05, 4.69) is 9.80 Å². The van der Waals surface area contributed by atoms with E-state index in [1.807, 2.05) is 0 Å². The number of amides is 3. The lowest BCUT2D eigenvalue weighted by atomic mass is 10.2. The van der Waals surface area contributed by atoms with Crippen LogP contribution in [-0.4, -0.2) is 77.0 Å². The highest BCUT2D eigenvalue weighted by Crippen LogP contribution is 2.28. The number of carbonyl (C=O) groups is 2. The highest BCUT2D eigenvalue weighted by atomic mass is 16.6. The highest BCUT2D eigenvalue weighted by Gasteiger charge is 2.47. The van der Waals surface area contributed by atoms with Gasteiger partial charge in [-0.25, -0.2) is 9.69 Å². The van der Waals surface area contributed by atoms with Gasteiger partial charge in [0, 0.05) is 50.5 Å². The zero-order chi connectivity index (χ0) is 18.3. The van der Waals surface area contributed by atoms with E-state index in [0.717, 1.165) is 44.7 Å². The minimum Gasteiger partial charge on any atom is -0.369 e. The first kappa shape index (κ1) is 16.8. The lowest BCUT2D eigenvalue weighted by molar-refractivity contribution is -0.384. The van der Waals surface area contributed by atoms with Gasteiger partial charge in [0.2, 0.25) is 0 Å². The second-order valence-corrected chi connectivity index (χ2v) is 6.92. The van der Waals surface area contributed by atoms with Crippen LogP contribution in [0.1, 0.15) is 12.8 Å². The van der Waals surface area contributed by atoms with Crippen LogP contribution in [0.2, 0.25) is 0 Å². The number of benzene rings is 1. The number of piperazine rings is 1. The SMILES string of the molecule is O=C1C2CCCN2C(=O)N1CN1CCN(c2ccc([N+](=O)[O-])cc2)CC1. The van der Waals surface area contributed by atoms with Crippen LogP contribution in [0.3, 0.4) is 0 Å². The number of nitrogens with zero attached hydrogens (tertiary/aromatic N) is 5. The molecule has 3 fully saturated rings. The van der Waals surface area contributed by atoms with Gasteiger partial charge in [-0.1, -0.05) is 0 Å². The Morgan fingerprint density at radius 3 is 2.35 bits per heavy atom. The number of urea groups is 1. The molecule has 3 aliphatic heterocycles. The third-order valence-corrected chi connectivity index (χ3v) is 5.42. The number of anilines is 1. The molecule has 26 heavy (non-hydrogen) atoms. The summed E-state index contributed by atoms with van der Waals surface area (Å²) in [5.41, 5.74) is 1.03. The van der Waals surface area contributed by atoms with E-state index in [1.165, 1.54) is 17.0 Å². The fourth-order valence-corrected chi connectivity index (χ4v) is 3.94. The molecule has 1 aromatic rings. The number of hydrogen-bond acceptors (Lipinski definition) is 6. The summed E-state index contributed by atoms with van der Waals surface area (Å²) in [5.74, 6) is -0.0645. The number of imide groups is 1. The molecular weight excluding hydrogens is 338 g/mol. The monoisotopic (exact) mass is 359 g/mol. The summed E-state index contributed by atoms with van der Waals surface area (Å²) in [4.78, 5) is 42.5. The number of rotatable bonds is 4. The zero-order valence-corrected chi connectivity index (χ0v) is 14.4. The van der Waals surface area contributed by atoms with E-state index in [-0.39, 0.29) is 23.7 Å². The van der Waals surface area contributed by atoms with E-state index in [0.29, 0.717) is 13.2 Å². The van der Waals surface area contributed by atoms with Gasteiger partial charge in [-0.3, -0.25) is 19.8 Å². The van der Waals surface area contributed by atoms with Gasteiger partial charge in [-0.2, -0.15) is 0 Å². The summed E-state index contributed by atoms with van der Waals surface area (Å²) >= 11 is 0. The Balaban J connectivity index is 1.33. The first-order chi connectivity index (χ1) is 12.5. The van der Waals surface area contributed by atoms with Crippen LogP contribution in [0, 0.1) is 10.1 Å². The van der Waals surface area contributed by atoms with Gasteiger partial charge in [-0.15, -0.1) is 0 Å². The average molecular weight is 359 g/mol. The van der Waals surface area contributed by atoms with Gasteiger partial charge in [0.15, 0.2) is 0 Å². The normalized spacial score (nSPS) is 23.7. The molecule has 0 radical (unpaired) electrons. The highest BCUT2D eigenvalue weighted by molar-refractivity contribution is 6.04. The molecule has 1 unspecified atom stereocenters. The fraction of sp³-hybridized carbons (Fsp3) is 0.529. The summed E-state index contributed by atoms with van der Waals surface area (Å²) in [6, 6.07) is 6.14. The smallest absolute Gasteiger partial charge is 0.328 e. The summed E-state index contributed by atoms with van der Waals surface area (Å²) in [6.45, 7) is 4.00. The van der Waals surface area contributed by atoms with Crippen molar-refractivity contribution >= 4 is 23.3 Å². The van der Waals surface area contributed by atoms with Gasteiger partial charge in [0.1, 0.15) is 6.04 Å². The fourth-order valence-electron chi connectivity index (χ4n) is 3.94. The first-order valence-corrected chi connectivity index (χ1v) is 8.88. The number of carbonyl (C=O) groups excluding carboxylic acids is 2. The zero-order valence-electron chi connectivity index (χ0n) is 14.4. The van der Waals surface area contributed by atoms with Crippen LogP contribution in [0.5, 0.6) is 0 Å². The van der Waals surface area contributed by atoms with E-state index >= 15 is 0 Å². The van der Waals surface area contributed by atoms with Crippen molar-refractivity contribution in [1.82, 2.24) is 14.7 Å². The third kappa shape index (κ3) is 2.88. The van der Waals surface area contributed by atoms with Gasteiger partial charge >= 0.3 is 6.03 Å². The molecule has 138 valence electrons. The quantitative estimate of drug-likeness (QED) is 0.454. The number of fused-ring (bicyclic) bond motifs is 1. The Hall–Kier alpha value is -2.68. The minimum absolute atomic E-state index is 0.0645. The lowest BCUT2D eigenvalue weighted by Crippen LogP contribution is -2.51. The Labute approximate surface area is 150 Å². The van der Waals surface area contributed by atoms with Crippen LogP contribution in [0.4, 0.5) is 16.2 Å². The Morgan fingerprint density at radius 1 is 1.04 bits per heavy atom. The van der Waals surface area contributed by atoms with E-state index in [9.17, 15) is 19.7 Å². The molecule has 3 aliphatic rings. The predicted molar refractivity (Wildman–Crippen MR) is 93.7 cm³/mol. The van der Waals surface area contributed by atoms with Crippen molar-refractivity contribution in [2.45, 2.75) is 18.9 Å². The average Bonchev–Trinajstić information content (AvgIpc) is 3.22. The van der Waals surface area contributed by atoms with Crippen molar-refractivity contribution in [2.75, 3.05) is 44.3 Å². The summed E-state index contributed by atoms with van der Waals surface area (Å²) in [5, 5.41) is 10.7. The van der Waals surface area contributed by atoms with Crippen molar-refractivity contribution in [3.63, 3.8) is 0 Å². The van der Waals surface area contributed by atoms with Gasteiger partial charge in [0.05, 0.1) is 11.6 Å². The number of nitro benzene ring substituents is 1. The molecule has 1 atom stereocenters. The molecule has 3 heterocycles.